The van der Waals surface area contributed by atoms with Gasteiger partial charge in [0.25, 0.3) is 0 Å². The van der Waals surface area contributed by atoms with E-state index in [0.29, 0.717) is 12.5 Å². The summed E-state index contributed by atoms with van der Waals surface area (Å²) in [5, 5.41) is 9.52. The molecule has 3 aliphatic rings. The Morgan fingerprint density at radius 1 is 0.889 bits per heavy atom. The number of nitrogens with zero attached hydrogens (tertiary/aromatic N) is 5. The Labute approximate surface area is 261 Å². The Hall–Kier alpha value is -5.36. The average Bonchev–Trinajstić information content (AvgIpc) is 3.50. The van der Waals surface area contributed by atoms with E-state index in [1.54, 1.807) is 5.56 Å². The fourth-order valence-electron chi connectivity index (χ4n) is 6.67. The Morgan fingerprint density at radius 2 is 1.84 bits per heavy atom. The number of imidazole rings is 1. The van der Waals surface area contributed by atoms with Crippen LogP contribution in [-0.4, -0.2) is 31.0 Å². The zero-order valence-electron chi connectivity index (χ0n) is 25.3. The molecule has 6 aromatic rings. The van der Waals surface area contributed by atoms with Gasteiger partial charge in [-0.15, -0.1) is 0 Å². The van der Waals surface area contributed by atoms with Crippen molar-refractivity contribution in [2.75, 3.05) is 6.54 Å². The predicted octanol–water partition coefficient (Wildman–Crippen LogP) is 5.74. The van der Waals surface area contributed by atoms with E-state index in [1.807, 2.05) is 43.1 Å². The molecular weight excluding hydrogens is 552 g/mol. The first-order valence-electron chi connectivity index (χ1n) is 15.7. The number of rotatable bonds is 3. The van der Waals surface area contributed by atoms with E-state index in [-0.39, 0.29) is 0 Å². The number of aromatic nitrogens is 5. The van der Waals surface area contributed by atoms with Crippen molar-refractivity contribution in [2.45, 2.75) is 32.7 Å². The van der Waals surface area contributed by atoms with Crippen LogP contribution in [0.25, 0.3) is 45.6 Å². The molecule has 1 unspecified atom stereocenters. The monoisotopic (exact) mass is 586 g/mol. The van der Waals surface area contributed by atoms with Crippen molar-refractivity contribution in [2.24, 2.45) is 5.92 Å². The fraction of sp³-hybridized carbons (Fsp3) is 0.179. The molecule has 6 heteroatoms. The van der Waals surface area contributed by atoms with Gasteiger partial charge in [-0.3, -0.25) is 4.98 Å². The van der Waals surface area contributed by atoms with Crippen LogP contribution >= 0.6 is 0 Å². The zero-order chi connectivity index (χ0) is 30.2. The summed E-state index contributed by atoms with van der Waals surface area (Å²) in [7, 11) is 0. The average molecular weight is 587 g/mol. The first-order valence-corrected chi connectivity index (χ1v) is 15.7. The molecule has 0 bridgehead atoms. The molecular formula is C39H34N6. The number of allylic oxidation sites excluding steroid dienone is 2. The molecule has 4 heterocycles. The topological polar surface area (TPSA) is 68.5 Å². The van der Waals surface area contributed by atoms with Crippen LogP contribution in [0.15, 0.2) is 104 Å². The molecule has 3 aromatic carbocycles. The molecule has 1 N–H and O–H groups in total. The van der Waals surface area contributed by atoms with E-state index in [9.17, 15) is 0 Å². The minimum absolute atomic E-state index is 0.663. The van der Waals surface area contributed by atoms with Gasteiger partial charge < -0.3 is 9.88 Å². The van der Waals surface area contributed by atoms with Crippen LogP contribution in [0.3, 0.4) is 0 Å². The maximum atomic E-state index is 4.98. The molecule has 0 radical (unpaired) electrons. The van der Waals surface area contributed by atoms with Crippen molar-refractivity contribution in [3.63, 3.8) is 0 Å². The standard InChI is InChI=1S/C34H27N5.C5H7N/c1-21-4-9-27-23(15-21)6-11-30-28-10-8-26(17-24(28)7-12-29(27)30)33-36-18-32-34(38-33)39(20-37-32)19-22-5-13-31-25(16-22)3-2-14-35-31;1-2-4-6-5-3-1/h2-3,5-8,10-11,13-18,20-21H,4,9,12,19H2,1H3;1-4,6H,5H2. The van der Waals surface area contributed by atoms with E-state index in [2.05, 4.69) is 105 Å². The van der Waals surface area contributed by atoms with Gasteiger partial charge >= 0.3 is 0 Å². The van der Waals surface area contributed by atoms with Crippen LogP contribution < -0.4 is 15.8 Å². The minimum Gasteiger partial charge on any atom is -0.387 e. The van der Waals surface area contributed by atoms with E-state index in [0.717, 1.165) is 46.4 Å². The number of pyridine rings is 1. The Kier molecular flexibility index (Phi) is 7.03. The van der Waals surface area contributed by atoms with Crippen LogP contribution in [-0.2, 0) is 19.4 Å². The second-order valence-corrected chi connectivity index (χ2v) is 12.1. The fourth-order valence-corrected chi connectivity index (χ4v) is 6.67. The van der Waals surface area contributed by atoms with Crippen LogP contribution in [0.5, 0.6) is 0 Å². The van der Waals surface area contributed by atoms with Crippen molar-refractivity contribution >= 4 is 34.2 Å². The van der Waals surface area contributed by atoms with Crippen LogP contribution in [0.1, 0.15) is 30.0 Å². The zero-order valence-corrected chi connectivity index (χ0v) is 25.3. The Bertz CT molecular complexity index is 2350. The summed E-state index contributed by atoms with van der Waals surface area (Å²) >= 11 is 0. The number of fused-ring (bicyclic) bond motifs is 6. The lowest BCUT2D eigenvalue weighted by Crippen LogP contribution is -2.22. The third kappa shape index (κ3) is 5.33. The molecule has 0 fully saturated rings. The van der Waals surface area contributed by atoms with Gasteiger partial charge in [0, 0.05) is 23.7 Å². The normalized spacial score (nSPS) is 16.0. The van der Waals surface area contributed by atoms with E-state index >= 15 is 0 Å². The molecule has 3 aromatic heterocycles. The van der Waals surface area contributed by atoms with Crippen molar-refractivity contribution in [3.05, 3.63) is 141 Å². The first-order chi connectivity index (χ1) is 22.2. The first kappa shape index (κ1) is 27.2. The second kappa shape index (κ2) is 11.6. The smallest absolute Gasteiger partial charge is 0.164 e. The highest BCUT2D eigenvalue weighted by Crippen LogP contribution is 2.23. The van der Waals surface area contributed by atoms with Crippen LogP contribution in [0.4, 0.5) is 0 Å². The molecule has 0 saturated carbocycles. The minimum atomic E-state index is 0.663. The van der Waals surface area contributed by atoms with Gasteiger partial charge in [-0.25, -0.2) is 15.0 Å². The summed E-state index contributed by atoms with van der Waals surface area (Å²) in [6, 6.07) is 21.7. The van der Waals surface area contributed by atoms with Gasteiger partial charge in [-0.1, -0.05) is 67.6 Å². The third-order valence-electron chi connectivity index (χ3n) is 8.98. The number of benzene rings is 3. The van der Waals surface area contributed by atoms with E-state index in [4.69, 9.17) is 4.98 Å². The molecule has 2 aliphatic carbocycles. The second-order valence-electron chi connectivity index (χ2n) is 12.1. The molecule has 0 spiro atoms. The largest absolute Gasteiger partial charge is 0.387 e. The Morgan fingerprint density at radius 3 is 2.71 bits per heavy atom. The number of nitrogens with one attached hydrogen (secondary N) is 1. The highest BCUT2D eigenvalue weighted by atomic mass is 15.1. The summed E-state index contributed by atoms with van der Waals surface area (Å²) in [5.74, 6) is 1.39. The van der Waals surface area contributed by atoms with Crippen LogP contribution in [0.2, 0.25) is 0 Å². The van der Waals surface area contributed by atoms with Gasteiger partial charge in [-0.05, 0) is 99.3 Å². The van der Waals surface area contributed by atoms with Crippen molar-refractivity contribution in [3.8, 4) is 11.4 Å². The lowest BCUT2D eigenvalue weighted by Gasteiger charge is -2.19. The maximum absolute atomic E-state index is 4.98. The van der Waals surface area contributed by atoms with Crippen molar-refractivity contribution in [1.29, 1.82) is 0 Å². The third-order valence-corrected chi connectivity index (χ3v) is 8.98. The number of dihydropyridines is 1. The van der Waals surface area contributed by atoms with Gasteiger partial charge in [0.05, 0.1) is 24.6 Å². The molecule has 9 rings (SSSR count). The molecule has 1 aliphatic heterocycles. The summed E-state index contributed by atoms with van der Waals surface area (Å²) in [6.07, 6.45) is 21.7. The summed E-state index contributed by atoms with van der Waals surface area (Å²) in [4.78, 5) is 18.7. The van der Waals surface area contributed by atoms with Gasteiger partial charge in [-0.2, -0.15) is 0 Å². The lowest BCUT2D eigenvalue weighted by atomic mass is 9.85. The molecule has 220 valence electrons. The molecule has 1 atom stereocenters. The van der Waals surface area contributed by atoms with Gasteiger partial charge in [0.2, 0.25) is 0 Å². The lowest BCUT2D eigenvalue weighted by molar-refractivity contribution is 0.656. The highest BCUT2D eigenvalue weighted by Gasteiger charge is 2.15. The maximum Gasteiger partial charge on any atom is 0.164 e. The summed E-state index contributed by atoms with van der Waals surface area (Å²) in [6.45, 7) is 3.99. The summed E-state index contributed by atoms with van der Waals surface area (Å²) < 4.78 is 2.10. The SMILES string of the molecule is C1=CCNC=C1.CC1C=c2ccc3c(c2CC1)CC=c1cc(-c2ncc4ncn(Cc5ccc6ncccc6c5)c4n2)ccc1=3. The van der Waals surface area contributed by atoms with E-state index < -0.39 is 0 Å². The summed E-state index contributed by atoms with van der Waals surface area (Å²) in [5.41, 5.74) is 7.90. The quantitative estimate of drug-likeness (QED) is 0.287. The molecule has 0 amide bonds. The van der Waals surface area contributed by atoms with Crippen molar-refractivity contribution in [1.82, 2.24) is 29.8 Å². The molecule has 45 heavy (non-hydrogen) atoms. The Balaban J connectivity index is 0.000000452. The van der Waals surface area contributed by atoms with Gasteiger partial charge in [0.15, 0.2) is 11.5 Å². The number of hydrogen-bond acceptors (Lipinski definition) is 5. The van der Waals surface area contributed by atoms with E-state index in [1.165, 1.54) is 44.8 Å². The predicted molar refractivity (Wildman–Crippen MR) is 181 cm³/mol. The van der Waals surface area contributed by atoms with Crippen molar-refractivity contribution < 1.29 is 0 Å². The molecule has 0 saturated heterocycles. The number of hydrogen-bond donors (Lipinski definition) is 1. The highest BCUT2D eigenvalue weighted by molar-refractivity contribution is 5.79. The van der Waals surface area contributed by atoms with Crippen LogP contribution in [0, 0.1) is 16.4 Å². The van der Waals surface area contributed by atoms with Gasteiger partial charge in [0.1, 0.15) is 5.52 Å². The molecule has 6 nitrogen and oxygen atoms in total.